The van der Waals surface area contributed by atoms with Crippen LogP contribution in [-0.2, 0) is 14.3 Å². The van der Waals surface area contributed by atoms with E-state index in [-0.39, 0.29) is 33.3 Å². The Hall–Kier alpha value is -5.32. The Morgan fingerprint density at radius 3 is 2.44 bits per heavy atom. The highest BCUT2D eigenvalue weighted by Gasteiger charge is 2.45. The molecule has 2 atom stereocenters. The zero-order valence-corrected chi connectivity index (χ0v) is 36.3. The van der Waals surface area contributed by atoms with Crippen LogP contribution in [-0.4, -0.2) is 156 Å². The number of amidine groups is 1. The van der Waals surface area contributed by atoms with Crippen LogP contribution in [0.4, 0.5) is 5.69 Å². The van der Waals surface area contributed by atoms with Gasteiger partial charge in [0.25, 0.3) is 11.8 Å². The first-order valence-electron chi connectivity index (χ1n) is 22.8. The van der Waals surface area contributed by atoms with Crippen molar-refractivity contribution >= 4 is 51.8 Å². The van der Waals surface area contributed by atoms with Gasteiger partial charge in [-0.1, -0.05) is 13.8 Å². The van der Waals surface area contributed by atoms with E-state index in [2.05, 4.69) is 59.5 Å². The molecule has 4 saturated heterocycles. The molecule has 0 radical (unpaired) electrons. The topological polar surface area (TPSA) is 168 Å². The Balaban J connectivity index is 0.00000151. The number of nitrogens with zero attached hydrogens (tertiary/aromatic N) is 7. The Kier molecular flexibility index (Phi) is 12.1. The van der Waals surface area contributed by atoms with Crippen LogP contribution < -0.4 is 20.3 Å². The van der Waals surface area contributed by atoms with Crippen molar-refractivity contribution in [2.24, 2.45) is 10.9 Å². The highest BCUT2D eigenvalue weighted by atomic mass is 16.5. The van der Waals surface area contributed by atoms with Crippen LogP contribution in [0.1, 0.15) is 95.0 Å². The second-order valence-electron chi connectivity index (χ2n) is 17.7. The van der Waals surface area contributed by atoms with E-state index in [9.17, 15) is 19.2 Å². The van der Waals surface area contributed by atoms with Crippen molar-refractivity contribution in [3.8, 4) is 5.75 Å². The molecule has 16 nitrogen and oxygen atoms in total. The van der Waals surface area contributed by atoms with Crippen LogP contribution in [0.15, 0.2) is 47.5 Å². The number of benzene rings is 2. The largest absolute Gasteiger partial charge is 0.488 e. The summed E-state index contributed by atoms with van der Waals surface area (Å²) in [6, 6.07) is 10.6. The molecule has 1 saturated carbocycles. The summed E-state index contributed by atoms with van der Waals surface area (Å²) in [5, 5.41) is 14.6. The molecule has 0 spiro atoms. The van der Waals surface area contributed by atoms with Gasteiger partial charge in [-0.25, -0.2) is 4.99 Å². The molecule has 62 heavy (non-hydrogen) atoms. The number of hydrogen-bond donors (Lipinski definition) is 3. The van der Waals surface area contributed by atoms with Gasteiger partial charge in [-0.15, -0.1) is 0 Å². The number of carbonyl (C=O) groups is 4. The predicted octanol–water partition coefficient (Wildman–Crippen LogP) is 4.34. The lowest BCUT2D eigenvalue weighted by molar-refractivity contribution is -0.136. The number of ether oxygens (including phenoxy) is 2. The van der Waals surface area contributed by atoms with E-state index in [1.165, 1.54) is 0 Å². The van der Waals surface area contributed by atoms with E-state index in [1.54, 1.807) is 12.1 Å². The molecule has 7 aliphatic rings. The lowest BCUT2D eigenvalue weighted by atomic mass is 9.95. The predicted molar refractivity (Wildman–Crippen MR) is 240 cm³/mol. The lowest BCUT2D eigenvalue weighted by Crippen LogP contribution is -2.54. The average Bonchev–Trinajstić information content (AvgIpc) is 3.78. The zero-order valence-electron chi connectivity index (χ0n) is 36.3. The maximum Gasteiger partial charge on any atom is 0.262 e. The molecule has 16 heteroatoms. The van der Waals surface area contributed by atoms with Gasteiger partial charge in [-0.2, -0.15) is 5.10 Å². The molecule has 6 aliphatic heterocycles. The van der Waals surface area contributed by atoms with E-state index in [1.807, 2.05) is 32.0 Å². The summed E-state index contributed by atoms with van der Waals surface area (Å²) in [6.45, 7) is 17.1. The molecule has 5 fully saturated rings. The fourth-order valence-corrected chi connectivity index (χ4v) is 9.62. The number of fused-ring (bicyclic) bond motifs is 2. The average molecular weight is 853 g/mol. The van der Waals surface area contributed by atoms with Gasteiger partial charge >= 0.3 is 0 Å². The van der Waals surface area contributed by atoms with Gasteiger partial charge in [0.15, 0.2) is 0 Å². The molecular formula is C46H64N10O6. The second-order valence-corrected chi connectivity index (χ2v) is 17.7. The van der Waals surface area contributed by atoms with E-state index in [0.29, 0.717) is 30.3 Å². The van der Waals surface area contributed by atoms with Gasteiger partial charge in [0, 0.05) is 91.9 Å². The number of piperidine rings is 2. The second kappa shape index (κ2) is 17.8. The first-order chi connectivity index (χ1) is 30.2. The van der Waals surface area contributed by atoms with E-state index < -0.39 is 23.8 Å². The number of aromatic nitrogens is 2. The molecule has 1 aromatic heterocycles. The number of hydrogen-bond acceptors (Lipinski definition) is 13. The number of morpholine rings is 1. The number of nitrogens with one attached hydrogen (secondary N) is 3. The van der Waals surface area contributed by atoms with Crippen molar-refractivity contribution in [2.45, 2.75) is 83.5 Å². The lowest BCUT2D eigenvalue weighted by Gasteiger charge is -2.40. The molecule has 7 heterocycles. The molecule has 1 unspecified atom stereocenters. The normalized spacial score (nSPS) is 24.5. The molecule has 334 valence electrons. The Morgan fingerprint density at radius 2 is 1.66 bits per heavy atom. The summed E-state index contributed by atoms with van der Waals surface area (Å²) >= 11 is 0. The number of H-pyrrole nitrogens is 1. The number of rotatable bonds is 10. The van der Waals surface area contributed by atoms with Gasteiger partial charge < -0.3 is 34.4 Å². The molecule has 3 aromatic rings. The first-order valence-corrected chi connectivity index (χ1v) is 22.8. The standard InChI is InChI=1S/C44H54N10O6.C2H6.2H2/c1-44(11-12-44)60-30-3-5-35-34(23-30)40(49-48-35)36-24-38(46-27-45-36)53-20-21-59-31(26-53)10-13-50-16-18-51(19-17-50)25-28-8-14-52(15-9-28)29-2-4-32-33(22-29)43(58)54(42(32)57)37-6-7-39(55)47-41(37)56;1-2;;/h2-5,22-24,28,31,37,45H,6-21,25-27H2,1H3,(H,48,49)(H,47,55,56);1-2H3;2*1H/t31-,37?;;;/m1.../s1. The third kappa shape index (κ3) is 8.82. The number of carbonyl (C=O) groups excluding carboxylic acids is 4. The third-order valence-electron chi connectivity index (χ3n) is 13.5. The van der Waals surface area contributed by atoms with Crippen molar-refractivity contribution in [1.29, 1.82) is 0 Å². The summed E-state index contributed by atoms with van der Waals surface area (Å²) in [6.07, 6.45) is 7.83. The summed E-state index contributed by atoms with van der Waals surface area (Å²) < 4.78 is 12.5. The van der Waals surface area contributed by atoms with Crippen LogP contribution in [0, 0.1) is 5.92 Å². The van der Waals surface area contributed by atoms with Crippen LogP contribution >= 0.6 is 0 Å². The zero-order chi connectivity index (χ0) is 43.0. The summed E-state index contributed by atoms with van der Waals surface area (Å²) in [7, 11) is 0. The van der Waals surface area contributed by atoms with Gasteiger partial charge in [-0.05, 0) is 87.8 Å². The van der Waals surface area contributed by atoms with E-state index in [4.69, 9.17) is 14.5 Å². The van der Waals surface area contributed by atoms with Crippen molar-refractivity contribution < 1.29 is 31.5 Å². The SMILES string of the molecule is CC.CC1(Oc2ccc3[nH]nc(C4=CC(N5CCO[C@H](CCN6CCN(CC7CCN(c8ccc9c(c8)C(=O)N(C8CCC(=O)NC8=O)C9=O)CC7)CC6)C5)=NCN4)c3c2)CC1.[HH].[HH]. The smallest absolute Gasteiger partial charge is 0.262 e. The summed E-state index contributed by atoms with van der Waals surface area (Å²) in [5.74, 6) is 0.559. The Morgan fingerprint density at radius 1 is 0.887 bits per heavy atom. The maximum atomic E-state index is 13.4. The van der Waals surface area contributed by atoms with Gasteiger partial charge in [0.1, 0.15) is 35.6 Å². The van der Waals surface area contributed by atoms with Gasteiger partial charge in [0.2, 0.25) is 11.8 Å². The first kappa shape index (κ1) is 42.0. The molecule has 3 N–H and O–H groups in total. The van der Waals surface area contributed by atoms with Crippen LogP contribution in [0.2, 0.25) is 0 Å². The van der Waals surface area contributed by atoms with Crippen LogP contribution in [0.3, 0.4) is 0 Å². The van der Waals surface area contributed by atoms with Crippen molar-refractivity contribution in [3.63, 3.8) is 0 Å². The highest BCUT2D eigenvalue weighted by molar-refractivity contribution is 6.23. The number of amides is 4. The fraction of sp³-hybridized carbons (Fsp3) is 0.565. The monoisotopic (exact) mass is 853 g/mol. The Labute approximate surface area is 366 Å². The molecule has 10 rings (SSSR count). The molecule has 1 aliphatic carbocycles. The molecule has 4 amide bonds. The highest BCUT2D eigenvalue weighted by Crippen LogP contribution is 2.40. The summed E-state index contributed by atoms with van der Waals surface area (Å²) in [4.78, 5) is 66.3. The Bertz CT molecular complexity index is 2270. The quantitative estimate of drug-likeness (QED) is 0.248. The van der Waals surface area contributed by atoms with Crippen molar-refractivity contribution in [1.82, 2.24) is 40.4 Å². The number of imide groups is 2. The van der Waals surface area contributed by atoms with Crippen molar-refractivity contribution in [3.05, 3.63) is 59.3 Å². The third-order valence-corrected chi connectivity index (χ3v) is 13.5. The van der Waals surface area contributed by atoms with E-state index >= 15 is 0 Å². The number of piperazine rings is 1. The van der Waals surface area contributed by atoms with Crippen LogP contribution in [0.5, 0.6) is 5.75 Å². The van der Waals surface area contributed by atoms with Crippen LogP contribution in [0.25, 0.3) is 16.6 Å². The minimum atomic E-state index is -0.956. The maximum absolute atomic E-state index is 13.4. The minimum absolute atomic E-state index is 0. The van der Waals surface area contributed by atoms with Gasteiger partial charge in [-0.3, -0.25) is 34.5 Å². The van der Waals surface area contributed by atoms with Gasteiger partial charge in [0.05, 0.1) is 35.1 Å². The number of anilines is 1. The molecule has 0 bridgehead atoms. The molecule has 2 aromatic carbocycles. The fourth-order valence-electron chi connectivity index (χ4n) is 9.62. The molecular weight excluding hydrogens is 789 g/mol. The van der Waals surface area contributed by atoms with Crippen molar-refractivity contribution in [2.75, 3.05) is 83.6 Å². The van der Waals surface area contributed by atoms with E-state index in [0.717, 1.165) is 142 Å². The summed E-state index contributed by atoms with van der Waals surface area (Å²) in [5.41, 5.74) is 4.36. The number of aromatic amines is 1. The number of aliphatic imine (C=N–C) groups is 1. The minimum Gasteiger partial charge on any atom is -0.488 e.